The molecular formula is C10H19NO2. The molecule has 3 heteroatoms. The summed E-state index contributed by atoms with van der Waals surface area (Å²) in [6, 6.07) is 0.596. The fourth-order valence-corrected chi connectivity index (χ4v) is 2.31. The van der Waals surface area contributed by atoms with Crippen molar-refractivity contribution in [3.8, 4) is 0 Å². The molecule has 2 rings (SSSR count). The van der Waals surface area contributed by atoms with Crippen molar-refractivity contribution in [2.45, 2.75) is 44.4 Å². The number of hydrogen-bond acceptors (Lipinski definition) is 3. The van der Waals surface area contributed by atoms with Gasteiger partial charge in [-0.2, -0.15) is 0 Å². The van der Waals surface area contributed by atoms with E-state index >= 15 is 0 Å². The summed E-state index contributed by atoms with van der Waals surface area (Å²) in [6.07, 6.45) is 4.77. The van der Waals surface area contributed by atoms with Gasteiger partial charge in [-0.3, -0.25) is 0 Å². The van der Waals surface area contributed by atoms with Gasteiger partial charge in [0, 0.05) is 19.2 Å². The lowest BCUT2D eigenvalue weighted by atomic mass is 9.96. The minimum Gasteiger partial charge on any atom is -0.380 e. The average molecular weight is 185 g/mol. The standard InChI is InChI=1S/C10H19NO2/c1-2-12-6-5-11-9-7-8-3-4-10(9)13-8/h8-11H,2-7H2,1H3. The second kappa shape index (κ2) is 4.40. The molecule has 3 nitrogen and oxygen atoms in total. The van der Waals surface area contributed by atoms with Crippen LogP contribution in [0.15, 0.2) is 0 Å². The predicted molar refractivity (Wildman–Crippen MR) is 50.8 cm³/mol. The summed E-state index contributed by atoms with van der Waals surface area (Å²) in [5.74, 6) is 0. The monoisotopic (exact) mass is 185 g/mol. The van der Waals surface area contributed by atoms with Gasteiger partial charge in [0.1, 0.15) is 0 Å². The van der Waals surface area contributed by atoms with E-state index in [0.29, 0.717) is 18.2 Å². The smallest absolute Gasteiger partial charge is 0.0733 e. The maximum absolute atomic E-state index is 5.74. The molecule has 2 aliphatic rings. The van der Waals surface area contributed by atoms with Crippen LogP contribution in [0, 0.1) is 0 Å². The summed E-state index contributed by atoms with van der Waals surface area (Å²) in [5.41, 5.74) is 0. The second-order valence-electron chi connectivity index (χ2n) is 3.87. The van der Waals surface area contributed by atoms with Crippen LogP contribution in [-0.4, -0.2) is 38.0 Å². The largest absolute Gasteiger partial charge is 0.380 e. The SMILES string of the molecule is CCOCCNC1CC2CCC1O2. The Morgan fingerprint density at radius 2 is 2.38 bits per heavy atom. The Hall–Kier alpha value is -0.120. The van der Waals surface area contributed by atoms with Gasteiger partial charge in [0.05, 0.1) is 18.8 Å². The van der Waals surface area contributed by atoms with Crippen molar-refractivity contribution in [1.29, 1.82) is 0 Å². The normalized spacial score (nSPS) is 37.2. The summed E-state index contributed by atoms with van der Waals surface area (Å²) in [4.78, 5) is 0. The molecule has 2 aliphatic heterocycles. The van der Waals surface area contributed by atoms with Crippen molar-refractivity contribution >= 4 is 0 Å². The quantitative estimate of drug-likeness (QED) is 0.646. The molecule has 0 aromatic carbocycles. The third-order valence-corrected chi connectivity index (χ3v) is 2.96. The van der Waals surface area contributed by atoms with Crippen LogP contribution in [0.1, 0.15) is 26.2 Å². The minimum atomic E-state index is 0.492. The first kappa shape index (κ1) is 9.44. The van der Waals surface area contributed by atoms with Crippen LogP contribution < -0.4 is 5.32 Å². The highest BCUT2D eigenvalue weighted by Crippen LogP contribution is 2.34. The lowest BCUT2D eigenvalue weighted by Crippen LogP contribution is -2.39. The van der Waals surface area contributed by atoms with E-state index in [0.717, 1.165) is 19.8 Å². The zero-order chi connectivity index (χ0) is 9.10. The lowest BCUT2D eigenvalue weighted by molar-refractivity contribution is 0.0947. The summed E-state index contributed by atoms with van der Waals surface area (Å²) in [7, 11) is 0. The molecule has 0 amide bonds. The molecule has 0 radical (unpaired) electrons. The third-order valence-electron chi connectivity index (χ3n) is 2.96. The van der Waals surface area contributed by atoms with Crippen molar-refractivity contribution < 1.29 is 9.47 Å². The van der Waals surface area contributed by atoms with E-state index in [2.05, 4.69) is 5.32 Å². The van der Waals surface area contributed by atoms with E-state index in [9.17, 15) is 0 Å². The molecular weight excluding hydrogens is 166 g/mol. The van der Waals surface area contributed by atoms with Gasteiger partial charge in [-0.25, -0.2) is 0 Å². The van der Waals surface area contributed by atoms with E-state index in [-0.39, 0.29) is 0 Å². The number of nitrogens with one attached hydrogen (secondary N) is 1. The van der Waals surface area contributed by atoms with Gasteiger partial charge in [-0.15, -0.1) is 0 Å². The van der Waals surface area contributed by atoms with Crippen molar-refractivity contribution in [1.82, 2.24) is 5.32 Å². The Bertz CT molecular complexity index is 163. The third kappa shape index (κ3) is 2.22. The molecule has 0 aliphatic carbocycles. The molecule has 3 atom stereocenters. The van der Waals surface area contributed by atoms with Gasteiger partial charge in [0.2, 0.25) is 0 Å². The Kier molecular flexibility index (Phi) is 3.19. The van der Waals surface area contributed by atoms with Gasteiger partial charge in [0.25, 0.3) is 0 Å². The number of ether oxygens (including phenoxy) is 2. The topological polar surface area (TPSA) is 30.5 Å². The van der Waals surface area contributed by atoms with E-state index in [4.69, 9.17) is 9.47 Å². The van der Waals surface area contributed by atoms with Crippen LogP contribution in [0.5, 0.6) is 0 Å². The molecule has 2 bridgehead atoms. The van der Waals surface area contributed by atoms with Gasteiger partial charge in [-0.05, 0) is 26.2 Å². The maximum atomic E-state index is 5.74. The molecule has 0 spiro atoms. The maximum Gasteiger partial charge on any atom is 0.0733 e. The molecule has 13 heavy (non-hydrogen) atoms. The first-order chi connectivity index (χ1) is 6.40. The Labute approximate surface area is 79.8 Å². The highest BCUT2D eigenvalue weighted by atomic mass is 16.5. The lowest BCUT2D eigenvalue weighted by Gasteiger charge is -2.19. The summed E-state index contributed by atoms with van der Waals surface area (Å²) >= 11 is 0. The summed E-state index contributed by atoms with van der Waals surface area (Å²) in [5, 5.41) is 3.50. The molecule has 3 unspecified atom stereocenters. The number of rotatable bonds is 5. The van der Waals surface area contributed by atoms with Crippen LogP contribution in [0.4, 0.5) is 0 Å². The molecule has 0 saturated carbocycles. The van der Waals surface area contributed by atoms with Crippen molar-refractivity contribution in [3.05, 3.63) is 0 Å². The highest BCUT2D eigenvalue weighted by molar-refractivity contribution is 4.93. The van der Waals surface area contributed by atoms with Gasteiger partial charge < -0.3 is 14.8 Å². The van der Waals surface area contributed by atoms with Gasteiger partial charge in [-0.1, -0.05) is 0 Å². The highest BCUT2D eigenvalue weighted by Gasteiger charge is 2.40. The van der Waals surface area contributed by atoms with E-state index in [1.807, 2.05) is 6.92 Å². The fraction of sp³-hybridized carbons (Fsp3) is 1.00. The van der Waals surface area contributed by atoms with Crippen molar-refractivity contribution in [2.24, 2.45) is 0 Å². The van der Waals surface area contributed by atoms with Crippen LogP contribution in [-0.2, 0) is 9.47 Å². The molecule has 2 heterocycles. The Morgan fingerprint density at radius 3 is 3.00 bits per heavy atom. The van der Waals surface area contributed by atoms with Crippen LogP contribution >= 0.6 is 0 Å². The summed E-state index contributed by atoms with van der Waals surface area (Å²) < 4.78 is 11.0. The molecule has 2 saturated heterocycles. The van der Waals surface area contributed by atoms with Crippen LogP contribution in [0.3, 0.4) is 0 Å². The molecule has 2 fully saturated rings. The zero-order valence-electron chi connectivity index (χ0n) is 8.29. The van der Waals surface area contributed by atoms with Crippen LogP contribution in [0.2, 0.25) is 0 Å². The first-order valence-corrected chi connectivity index (χ1v) is 5.36. The number of fused-ring (bicyclic) bond motifs is 2. The molecule has 0 aromatic rings. The van der Waals surface area contributed by atoms with Crippen molar-refractivity contribution in [3.63, 3.8) is 0 Å². The van der Waals surface area contributed by atoms with Gasteiger partial charge in [0.15, 0.2) is 0 Å². The summed E-state index contributed by atoms with van der Waals surface area (Å²) in [6.45, 7) is 4.63. The van der Waals surface area contributed by atoms with E-state index in [1.54, 1.807) is 0 Å². The average Bonchev–Trinajstić information content (AvgIpc) is 2.73. The van der Waals surface area contributed by atoms with Crippen molar-refractivity contribution in [2.75, 3.05) is 19.8 Å². The van der Waals surface area contributed by atoms with Gasteiger partial charge >= 0.3 is 0 Å². The fourth-order valence-electron chi connectivity index (χ4n) is 2.31. The van der Waals surface area contributed by atoms with Crippen LogP contribution in [0.25, 0.3) is 0 Å². The molecule has 76 valence electrons. The second-order valence-corrected chi connectivity index (χ2v) is 3.87. The van der Waals surface area contributed by atoms with E-state index < -0.39 is 0 Å². The van der Waals surface area contributed by atoms with E-state index in [1.165, 1.54) is 19.3 Å². The predicted octanol–water partition coefficient (Wildman–Crippen LogP) is 0.932. The number of hydrogen-bond donors (Lipinski definition) is 1. The Balaban J connectivity index is 1.60. The zero-order valence-corrected chi connectivity index (χ0v) is 8.29. The Morgan fingerprint density at radius 1 is 1.46 bits per heavy atom. The molecule has 1 N–H and O–H groups in total. The minimum absolute atomic E-state index is 0.492. The molecule has 0 aromatic heterocycles. The first-order valence-electron chi connectivity index (χ1n) is 5.36.